The molecule has 4 heterocycles. The minimum Gasteiger partial charge on any atom is -0.506 e. The van der Waals surface area contributed by atoms with E-state index in [1.165, 1.54) is 12.1 Å². The van der Waals surface area contributed by atoms with Crippen LogP contribution in [-0.2, 0) is 0 Å². The number of hydrogen-bond acceptors (Lipinski definition) is 8. The average Bonchev–Trinajstić information content (AvgIpc) is 3.74. The Bertz CT molecular complexity index is 1570. The third-order valence-corrected chi connectivity index (χ3v) is 9.97. The van der Waals surface area contributed by atoms with Gasteiger partial charge in [-0.05, 0) is 69.7 Å². The van der Waals surface area contributed by atoms with Crippen LogP contribution in [0.2, 0.25) is 5.02 Å². The van der Waals surface area contributed by atoms with Crippen molar-refractivity contribution < 1.29 is 18.6 Å². The highest BCUT2D eigenvalue weighted by atomic mass is 35.5. The molecule has 1 aliphatic carbocycles. The summed E-state index contributed by atoms with van der Waals surface area (Å²) in [7, 11) is 3.73. The molecule has 1 saturated carbocycles. The zero-order valence-corrected chi connectivity index (χ0v) is 25.7. The van der Waals surface area contributed by atoms with Gasteiger partial charge < -0.3 is 30.3 Å². The number of piperazine rings is 1. The van der Waals surface area contributed by atoms with Gasteiger partial charge in [0, 0.05) is 66.2 Å². The van der Waals surface area contributed by atoms with Gasteiger partial charge in [0.25, 0.3) is 0 Å². The summed E-state index contributed by atoms with van der Waals surface area (Å²) < 4.78 is 39.5. The maximum absolute atomic E-state index is 16.9. The van der Waals surface area contributed by atoms with Crippen molar-refractivity contribution in [2.45, 2.75) is 63.5 Å². The van der Waals surface area contributed by atoms with Gasteiger partial charge in [0.05, 0.1) is 17.9 Å². The van der Waals surface area contributed by atoms with Crippen molar-refractivity contribution in [2.75, 3.05) is 57.1 Å². The summed E-state index contributed by atoms with van der Waals surface area (Å²) >= 11 is 6.60. The number of rotatable bonds is 7. The Morgan fingerprint density at radius 1 is 1.14 bits per heavy atom. The van der Waals surface area contributed by atoms with Crippen LogP contribution in [0.3, 0.4) is 0 Å². The van der Waals surface area contributed by atoms with Crippen LogP contribution in [0.1, 0.15) is 56.9 Å². The van der Waals surface area contributed by atoms with Crippen LogP contribution in [0.15, 0.2) is 12.1 Å². The van der Waals surface area contributed by atoms with Gasteiger partial charge in [-0.25, -0.2) is 8.78 Å². The molecule has 11 heteroatoms. The van der Waals surface area contributed by atoms with Crippen molar-refractivity contribution >= 4 is 34.0 Å². The van der Waals surface area contributed by atoms with Gasteiger partial charge >= 0.3 is 6.01 Å². The fourth-order valence-corrected chi connectivity index (χ4v) is 7.89. The van der Waals surface area contributed by atoms with Crippen molar-refractivity contribution in [3.05, 3.63) is 34.4 Å². The van der Waals surface area contributed by atoms with Gasteiger partial charge in [-0.1, -0.05) is 18.5 Å². The van der Waals surface area contributed by atoms with E-state index in [9.17, 15) is 5.11 Å². The lowest BCUT2D eigenvalue weighted by Crippen LogP contribution is -2.51. The Kier molecular flexibility index (Phi) is 7.29. The predicted octanol–water partition coefficient (Wildman–Crippen LogP) is 5.90. The van der Waals surface area contributed by atoms with Crippen LogP contribution in [-0.4, -0.2) is 78.9 Å². The third-order valence-electron chi connectivity index (χ3n) is 9.66. The molecule has 230 valence electrons. The van der Waals surface area contributed by atoms with Crippen LogP contribution in [0, 0.1) is 17.0 Å². The molecule has 3 atom stereocenters. The number of aromatic hydroxyl groups is 1. The highest BCUT2D eigenvalue weighted by molar-refractivity contribution is 6.32. The number of fused-ring (bicyclic) bond motifs is 3. The van der Waals surface area contributed by atoms with Crippen LogP contribution in [0.25, 0.3) is 22.0 Å². The standard InChI is InChI=1S/C32H39ClF2N6O2/c1-32(9-4-10-40(3)15-32)16-43-31-38-28-20(30(39-31)41-13-18-7-8-19(14-41)37-18)11-22(34)25(27(28)35)26-24(17-5-6-17)21(33)12-23(42)29(26)36-2/h11-12,17-19,36-37,42H,4-10,13-16H2,1-3H3/t18-,19+,32-/m1/s1. The molecule has 0 spiro atoms. The molecule has 0 amide bonds. The molecule has 8 nitrogen and oxygen atoms in total. The van der Waals surface area contributed by atoms with Crippen LogP contribution < -0.4 is 20.3 Å². The summed E-state index contributed by atoms with van der Waals surface area (Å²) in [6.45, 7) is 5.89. The van der Waals surface area contributed by atoms with Crippen molar-refractivity contribution in [3.8, 4) is 22.9 Å². The second-order valence-electron chi connectivity index (χ2n) is 13.3. The Labute approximate surface area is 255 Å². The lowest BCUT2D eigenvalue weighted by Gasteiger charge is -2.38. The van der Waals surface area contributed by atoms with E-state index in [4.69, 9.17) is 21.3 Å². The number of ether oxygens (including phenoxy) is 1. The topological polar surface area (TPSA) is 85.8 Å². The number of benzene rings is 2. The number of aromatic nitrogens is 2. The predicted molar refractivity (Wildman–Crippen MR) is 166 cm³/mol. The molecule has 1 aromatic heterocycles. The van der Waals surface area contributed by atoms with Crippen LogP contribution in [0.4, 0.5) is 20.3 Å². The Morgan fingerprint density at radius 3 is 2.56 bits per heavy atom. The lowest BCUT2D eigenvalue weighted by atomic mass is 9.83. The molecule has 0 unspecified atom stereocenters. The maximum atomic E-state index is 16.9. The normalized spacial score (nSPS) is 25.9. The summed E-state index contributed by atoms with van der Waals surface area (Å²) in [5.41, 5.74) is 0.769. The van der Waals surface area contributed by atoms with E-state index in [0.29, 0.717) is 53.6 Å². The molecule has 7 rings (SSSR count). The Balaban J connectivity index is 1.39. The molecule has 4 aliphatic rings. The summed E-state index contributed by atoms with van der Waals surface area (Å²) in [6.07, 6.45) is 5.92. The van der Waals surface area contributed by atoms with E-state index in [1.54, 1.807) is 7.05 Å². The van der Waals surface area contributed by atoms with E-state index in [0.717, 1.165) is 51.6 Å². The van der Waals surface area contributed by atoms with Crippen molar-refractivity contribution in [2.24, 2.45) is 5.41 Å². The molecule has 3 N–H and O–H groups in total. The molecule has 0 radical (unpaired) electrons. The van der Waals surface area contributed by atoms with Gasteiger partial charge in [0.15, 0.2) is 5.82 Å². The van der Waals surface area contributed by atoms with Crippen molar-refractivity contribution in [1.29, 1.82) is 0 Å². The zero-order chi connectivity index (χ0) is 30.0. The molecular formula is C32H39ClF2N6O2. The maximum Gasteiger partial charge on any atom is 0.319 e. The monoisotopic (exact) mass is 612 g/mol. The van der Waals surface area contributed by atoms with E-state index >= 15 is 8.78 Å². The molecule has 3 aromatic rings. The molecule has 2 aromatic carbocycles. The quantitative estimate of drug-likeness (QED) is 0.284. The van der Waals surface area contributed by atoms with Crippen molar-refractivity contribution in [3.63, 3.8) is 0 Å². The number of phenols is 1. The average molecular weight is 613 g/mol. The fraction of sp³-hybridized carbons (Fsp3) is 0.562. The number of likely N-dealkylation sites (tertiary alicyclic amines) is 1. The number of nitrogens with zero attached hydrogens (tertiary/aromatic N) is 4. The van der Waals surface area contributed by atoms with Gasteiger partial charge in [0.1, 0.15) is 22.9 Å². The third kappa shape index (κ3) is 5.25. The van der Waals surface area contributed by atoms with E-state index in [-0.39, 0.29) is 45.4 Å². The first-order chi connectivity index (χ1) is 20.6. The fourth-order valence-electron chi connectivity index (χ4n) is 7.54. The van der Waals surface area contributed by atoms with Gasteiger partial charge in [-0.2, -0.15) is 9.97 Å². The second kappa shape index (κ2) is 10.9. The molecule has 43 heavy (non-hydrogen) atoms. The number of hydrogen-bond donors (Lipinski definition) is 3. The highest BCUT2D eigenvalue weighted by Crippen LogP contribution is 2.53. The number of phenolic OH excluding ortho intramolecular Hbond substituents is 1. The Morgan fingerprint density at radius 2 is 1.88 bits per heavy atom. The molecule has 2 bridgehead atoms. The lowest BCUT2D eigenvalue weighted by molar-refractivity contribution is 0.0660. The largest absolute Gasteiger partial charge is 0.506 e. The summed E-state index contributed by atoms with van der Waals surface area (Å²) in [5, 5.41) is 17.9. The number of nitrogens with one attached hydrogen (secondary N) is 2. The first-order valence-electron chi connectivity index (χ1n) is 15.4. The molecule has 4 fully saturated rings. The zero-order valence-electron chi connectivity index (χ0n) is 24.9. The van der Waals surface area contributed by atoms with Crippen LogP contribution in [0.5, 0.6) is 11.8 Å². The van der Waals surface area contributed by atoms with E-state index in [1.807, 2.05) is 0 Å². The van der Waals surface area contributed by atoms with E-state index in [2.05, 4.69) is 39.4 Å². The number of halogens is 3. The highest BCUT2D eigenvalue weighted by Gasteiger charge is 2.37. The smallest absolute Gasteiger partial charge is 0.319 e. The summed E-state index contributed by atoms with van der Waals surface area (Å²) in [6, 6.07) is 3.46. The minimum absolute atomic E-state index is 0.00328. The van der Waals surface area contributed by atoms with E-state index < -0.39 is 11.6 Å². The summed E-state index contributed by atoms with van der Waals surface area (Å²) in [4.78, 5) is 13.8. The molecule has 3 aliphatic heterocycles. The number of anilines is 2. The molecular weight excluding hydrogens is 574 g/mol. The first kappa shape index (κ1) is 28.8. The second-order valence-corrected chi connectivity index (χ2v) is 13.7. The summed E-state index contributed by atoms with van der Waals surface area (Å²) in [5.74, 6) is -1.18. The van der Waals surface area contributed by atoms with Gasteiger partial charge in [-0.15, -0.1) is 0 Å². The SMILES string of the molecule is CNc1c(O)cc(Cl)c(C2CC2)c1-c1c(F)cc2c(N3C[C@H]4CC[C@@H](C3)N4)nc(OC[C@]3(C)CCCN(C)C3)nc2c1F. The molecule has 3 saturated heterocycles. The van der Waals surface area contributed by atoms with Gasteiger partial charge in [0.2, 0.25) is 0 Å². The first-order valence-corrected chi connectivity index (χ1v) is 15.8. The minimum atomic E-state index is -0.815. The number of piperidine rings is 1. The Hall–Kier alpha value is -2.95. The van der Waals surface area contributed by atoms with Gasteiger partial charge in [-0.3, -0.25) is 0 Å². The van der Waals surface area contributed by atoms with Crippen LogP contribution >= 0.6 is 11.6 Å². The van der Waals surface area contributed by atoms with Crippen molar-refractivity contribution in [1.82, 2.24) is 20.2 Å².